The molecule has 1 fully saturated rings. The Morgan fingerprint density at radius 3 is 2.81 bits per heavy atom. The highest BCUT2D eigenvalue weighted by atomic mass is 19.1. The highest BCUT2D eigenvalue weighted by Crippen LogP contribution is 2.21. The first-order chi connectivity index (χ1) is 9.99. The molecule has 1 saturated heterocycles. The fourth-order valence-electron chi connectivity index (χ4n) is 2.57. The van der Waals surface area contributed by atoms with Crippen molar-refractivity contribution < 1.29 is 19.1 Å². The van der Waals surface area contributed by atoms with Crippen LogP contribution in [0.4, 0.5) is 14.9 Å². The van der Waals surface area contributed by atoms with Crippen molar-refractivity contribution in [3.8, 4) is 0 Å². The molecule has 1 unspecified atom stereocenters. The Kier molecular flexibility index (Phi) is 4.77. The number of carbonyl (C=O) groups is 2. The maximum Gasteiger partial charge on any atom is 0.337 e. The number of halogens is 1. The van der Waals surface area contributed by atoms with Gasteiger partial charge >= 0.3 is 12.0 Å². The summed E-state index contributed by atoms with van der Waals surface area (Å²) in [6.45, 7) is 2.63. The largest absolute Gasteiger partial charge is 0.478 e. The number of nitrogens with zero attached hydrogens (tertiary/aromatic N) is 1. The summed E-state index contributed by atoms with van der Waals surface area (Å²) in [6.07, 6.45) is 4.04. The lowest BCUT2D eigenvalue weighted by Gasteiger charge is -2.27. The SMILES string of the molecule is CC1CCCCCN1C(=O)Nc1ccc(F)cc1C(=O)O. The van der Waals surface area contributed by atoms with E-state index in [-0.39, 0.29) is 23.3 Å². The Morgan fingerprint density at radius 2 is 2.10 bits per heavy atom. The maximum absolute atomic E-state index is 13.1. The molecule has 1 heterocycles. The lowest BCUT2D eigenvalue weighted by molar-refractivity contribution is 0.0697. The van der Waals surface area contributed by atoms with Gasteiger partial charge in [-0.25, -0.2) is 14.0 Å². The van der Waals surface area contributed by atoms with Crippen LogP contribution in [0.15, 0.2) is 18.2 Å². The van der Waals surface area contributed by atoms with E-state index < -0.39 is 11.8 Å². The van der Waals surface area contributed by atoms with Crippen LogP contribution in [0.1, 0.15) is 43.0 Å². The summed E-state index contributed by atoms with van der Waals surface area (Å²) in [5.74, 6) is -1.91. The predicted molar refractivity (Wildman–Crippen MR) is 77.0 cm³/mol. The molecule has 1 aliphatic rings. The van der Waals surface area contributed by atoms with Crippen molar-refractivity contribution in [3.63, 3.8) is 0 Å². The molecule has 1 aromatic rings. The van der Waals surface area contributed by atoms with Gasteiger partial charge in [-0.2, -0.15) is 0 Å². The van der Waals surface area contributed by atoms with E-state index in [1.54, 1.807) is 4.90 Å². The number of carboxylic acid groups (broad SMARTS) is 1. The fraction of sp³-hybridized carbons (Fsp3) is 0.467. The van der Waals surface area contributed by atoms with Crippen LogP contribution < -0.4 is 5.32 Å². The summed E-state index contributed by atoms with van der Waals surface area (Å²) in [4.78, 5) is 25.1. The summed E-state index contributed by atoms with van der Waals surface area (Å²) < 4.78 is 13.1. The number of amides is 2. The smallest absolute Gasteiger partial charge is 0.337 e. The summed E-state index contributed by atoms with van der Waals surface area (Å²) in [5, 5.41) is 11.7. The molecule has 1 atom stereocenters. The second-order valence-electron chi connectivity index (χ2n) is 5.32. The van der Waals surface area contributed by atoms with Crippen molar-refractivity contribution in [2.75, 3.05) is 11.9 Å². The van der Waals surface area contributed by atoms with Crippen molar-refractivity contribution in [1.82, 2.24) is 4.90 Å². The van der Waals surface area contributed by atoms with Crippen LogP contribution in [-0.4, -0.2) is 34.6 Å². The van der Waals surface area contributed by atoms with Gasteiger partial charge in [-0.15, -0.1) is 0 Å². The van der Waals surface area contributed by atoms with Gasteiger partial charge in [-0.05, 0) is 38.0 Å². The van der Waals surface area contributed by atoms with Gasteiger partial charge < -0.3 is 15.3 Å². The van der Waals surface area contributed by atoms with Gasteiger partial charge in [0.2, 0.25) is 0 Å². The van der Waals surface area contributed by atoms with Crippen LogP contribution in [0.3, 0.4) is 0 Å². The third-order valence-corrected chi connectivity index (χ3v) is 3.77. The zero-order chi connectivity index (χ0) is 15.4. The Labute approximate surface area is 122 Å². The molecular weight excluding hydrogens is 275 g/mol. The number of urea groups is 1. The van der Waals surface area contributed by atoms with E-state index >= 15 is 0 Å². The minimum absolute atomic E-state index is 0.112. The fourth-order valence-corrected chi connectivity index (χ4v) is 2.57. The van der Waals surface area contributed by atoms with E-state index in [4.69, 9.17) is 5.11 Å². The molecular formula is C15H19FN2O3. The third kappa shape index (κ3) is 3.71. The number of likely N-dealkylation sites (tertiary alicyclic amines) is 1. The first kappa shape index (κ1) is 15.3. The van der Waals surface area contributed by atoms with Gasteiger partial charge in [0, 0.05) is 12.6 Å². The van der Waals surface area contributed by atoms with Gasteiger partial charge in [-0.3, -0.25) is 0 Å². The van der Waals surface area contributed by atoms with Gasteiger partial charge in [0.15, 0.2) is 0 Å². The van der Waals surface area contributed by atoms with E-state index in [2.05, 4.69) is 5.32 Å². The molecule has 0 bridgehead atoms. The van der Waals surface area contributed by atoms with Crippen molar-refractivity contribution in [2.45, 2.75) is 38.6 Å². The molecule has 1 aromatic carbocycles. The molecule has 2 N–H and O–H groups in total. The lowest BCUT2D eigenvalue weighted by atomic mass is 10.1. The summed E-state index contributed by atoms with van der Waals surface area (Å²) >= 11 is 0. The zero-order valence-corrected chi connectivity index (χ0v) is 11.9. The summed E-state index contributed by atoms with van der Waals surface area (Å²) in [7, 11) is 0. The molecule has 0 aromatic heterocycles. The lowest BCUT2D eigenvalue weighted by Crippen LogP contribution is -2.41. The summed E-state index contributed by atoms with van der Waals surface area (Å²) in [6, 6.07) is 3.09. The molecule has 0 spiro atoms. The van der Waals surface area contributed by atoms with E-state index in [0.717, 1.165) is 37.8 Å². The number of carbonyl (C=O) groups excluding carboxylic acids is 1. The first-order valence-corrected chi connectivity index (χ1v) is 7.09. The number of rotatable bonds is 2. The molecule has 21 heavy (non-hydrogen) atoms. The molecule has 2 rings (SSSR count). The van der Waals surface area contributed by atoms with Crippen LogP contribution in [0.2, 0.25) is 0 Å². The van der Waals surface area contributed by atoms with Crippen LogP contribution in [0, 0.1) is 5.82 Å². The standard InChI is InChI=1S/C15H19FN2O3/c1-10-5-3-2-4-8-18(10)15(21)17-13-7-6-11(16)9-12(13)14(19)20/h6-7,9-10H,2-5,8H2,1H3,(H,17,21)(H,19,20). The molecule has 5 nitrogen and oxygen atoms in total. The number of hydrogen-bond donors (Lipinski definition) is 2. The highest BCUT2D eigenvalue weighted by molar-refractivity contribution is 6.00. The number of anilines is 1. The molecule has 0 aliphatic carbocycles. The van der Waals surface area contributed by atoms with Crippen molar-refractivity contribution >= 4 is 17.7 Å². The second kappa shape index (κ2) is 6.56. The Balaban J connectivity index is 2.17. The minimum atomic E-state index is -1.27. The van der Waals surface area contributed by atoms with Gasteiger partial charge in [0.25, 0.3) is 0 Å². The Bertz CT molecular complexity index is 548. The van der Waals surface area contributed by atoms with E-state index in [1.807, 2.05) is 6.92 Å². The summed E-state index contributed by atoms with van der Waals surface area (Å²) in [5.41, 5.74) is -0.129. The van der Waals surface area contributed by atoms with Crippen LogP contribution in [-0.2, 0) is 0 Å². The van der Waals surface area contributed by atoms with Crippen LogP contribution >= 0.6 is 0 Å². The third-order valence-electron chi connectivity index (χ3n) is 3.77. The Hall–Kier alpha value is -2.11. The van der Waals surface area contributed by atoms with Crippen LogP contribution in [0.25, 0.3) is 0 Å². The molecule has 2 amide bonds. The maximum atomic E-state index is 13.1. The van der Waals surface area contributed by atoms with E-state index in [0.29, 0.717) is 6.54 Å². The topological polar surface area (TPSA) is 69.6 Å². The quantitative estimate of drug-likeness (QED) is 0.879. The first-order valence-electron chi connectivity index (χ1n) is 7.09. The van der Waals surface area contributed by atoms with Gasteiger partial charge in [0.1, 0.15) is 5.82 Å². The minimum Gasteiger partial charge on any atom is -0.478 e. The van der Waals surface area contributed by atoms with Gasteiger partial charge in [0.05, 0.1) is 11.3 Å². The second-order valence-corrected chi connectivity index (χ2v) is 5.32. The molecule has 0 saturated carbocycles. The molecule has 6 heteroatoms. The van der Waals surface area contributed by atoms with Crippen molar-refractivity contribution in [2.24, 2.45) is 0 Å². The molecule has 114 valence electrons. The van der Waals surface area contributed by atoms with Crippen molar-refractivity contribution in [1.29, 1.82) is 0 Å². The van der Waals surface area contributed by atoms with E-state index in [9.17, 15) is 14.0 Å². The monoisotopic (exact) mass is 294 g/mol. The number of benzene rings is 1. The number of nitrogens with one attached hydrogen (secondary N) is 1. The number of carboxylic acids is 1. The zero-order valence-electron chi connectivity index (χ0n) is 11.9. The van der Waals surface area contributed by atoms with Gasteiger partial charge in [-0.1, -0.05) is 12.8 Å². The predicted octanol–water partition coefficient (Wildman–Crippen LogP) is 3.32. The normalized spacial score (nSPS) is 19.0. The number of aromatic carboxylic acids is 1. The average molecular weight is 294 g/mol. The average Bonchev–Trinajstić information content (AvgIpc) is 2.65. The van der Waals surface area contributed by atoms with E-state index in [1.165, 1.54) is 6.07 Å². The molecule has 0 radical (unpaired) electrons. The Morgan fingerprint density at radius 1 is 1.33 bits per heavy atom. The van der Waals surface area contributed by atoms with Crippen LogP contribution in [0.5, 0.6) is 0 Å². The molecule has 1 aliphatic heterocycles. The number of hydrogen-bond acceptors (Lipinski definition) is 2. The van der Waals surface area contributed by atoms with Crippen molar-refractivity contribution in [3.05, 3.63) is 29.6 Å². The highest BCUT2D eigenvalue weighted by Gasteiger charge is 2.23.